The van der Waals surface area contributed by atoms with Crippen molar-refractivity contribution in [2.24, 2.45) is 0 Å². The summed E-state index contributed by atoms with van der Waals surface area (Å²) in [4.78, 5) is 42.6. The van der Waals surface area contributed by atoms with E-state index in [1.165, 1.54) is 43.0 Å². The van der Waals surface area contributed by atoms with Crippen LogP contribution in [-0.4, -0.2) is 34.8 Å². The summed E-state index contributed by atoms with van der Waals surface area (Å²) in [6, 6.07) is 10.8. The number of hydrogen-bond donors (Lipinski definition) is 0. The second kappa shape index (κ2) is 9.39. The van der Waals surface area contributed by atoms with Gasteiger partial charge in [-0.25, -0.2) is 9.59 Å². The van der Waals surface area contributed by atoms with Crippen LogP contribution < -0.4 is 4.90 Å². The van der Waals surface area contributed by atoms with Crippen LogP contribution in [0.25, 0.3) is 0 Å². The lowest BCUT2D eigenvalue weighted by Gasteiger charge is -2.46. The number of ketones is 1. The van der Waals surface area contributed by atoms with Gasteiger partial charge in [0.2, 0.25) is 0 Å². The van der Waals surface area contributed by atoms with Crippen LogP contribution in [0.2, 0.25) is 0 Å². The number of anilines is 1. The third-order valence-electron chi connectivity index (χ3n) is 6.66. The smallest absolute Gasteiger partial charge is 0.416 e. The quantitative estimate of drug-likeness (QED) is 0.477. The Morgan fingerprint density at radius 3 is 2.32 bits per heavy atom. The van der Waals surface area contributed by atoms with Crippen LogP contribution in [-0.2, 0) is 20.5 Å². The van der Waals surface area contributed by atoms with Crippen molar-refractivity contribution in [1.29, 1.82) is 5.26 Å². The first-order chi connectivity index (χ1) is 17.5. The third-order valence-corrected chi connectivity index (χ3v) is 6.66. The molecule has 2 aromatic carbocycles. The molecule has 0 spiro atoms. The van der Waals surface area contributed by atoms with Crippen LogP contribution >= 0.6 is 0 Å². The minimum absolute atomic E-state index is 0.0654. The fourth-order valence-electron chi connectivity index (χ4n) is 4.79. The number of rotatable bonds is 6. The predicted octanol–water partition coefficient (Wildman–Crippen LogP) is 5.52. The standard InChI is InChI=1S/C27H24F3N3O4/c1-4-37-24(35)26(12-13-26)33-23(19-10-8-18(15-31)9-11-19)22(17(3)34)16(2)32(25(33)36)21-7-5-6-20(14-21)27(28,29)30/h5-11,14,23H,4,12-13H2,1-3H3. The molecule has 1 aliphatic heterocycles. The number of hydrogen-bond acceptors (Lipinski definition) is 5. The van der Waals surface area contributed by atoms with Crippen molar-refractivity contribution in [3.8, 4) is 6.07 Å². The SMILES string of the molecule is CCOC(=O)C1(N2C(=O)N(c3cccc(C(F)(F)F)c3)C(C)=C(C(C)=O)C2c2ccc(C#N)cc2)CC1. The first-order valence-electron chi connectivity index (χ1n) is 11.7. The first-order valence-corrected chi connectivity index (χ1v) is 11.7. The van der Waals surface area contributed by atoms with Gasteiger partial charge in [-0.3, -0.25) is 14.6 Å². The molecule has 1 saturated carbocycles. The zero-order valence-corrected chi connectivity index (χ0v) is 20.4. The summed E-state index contributed by atoms with van der Waals surface area (Å²) in [5.74, 6) is -1.06. The van der Waals surface area contributed by atoms with Crippen molar-refractivity contribution in [2.75, 3.05) is 11.5 Å². The van der Waals surface area contributed by atoms with Crippen LogP contribution in [0.15, 0.2) is 59.8 Å². The lowest BCUT2D eigenvalue weighted by molar-refractivity contribution is -0.151. The van der Waals surface area contributed by atoms with Gasteiger partial charge in [-0.2, -0.15) is 18.4 Å². The second-order valence-electron chi connectivity index (χ2n) is 8.98. The number of halogens is 3. The summed E-state index contributed by atoms with van der Waals surface area (Å²) in [6.45, 7) is 4.49. The number of benzene rings is 2. The van der Waals surface area contributed by atoms with E-state index in [1.807, 2.05) is 6.07 Å². The molecule has 1 fully saturated rings. The molecule has 0 N–H and O–H groups in total. The summed E-state index contributed by atoms with van der Waals surface area (Å²) in [5, 5.41) is 9.20. The molecule has 2 amide bonds. The first kappa shape index (κ1) is 25.9. The number of Topliss-reactive ketones (excluding diaryl/α,β-unsaturated/α-hetero) is 1. The zero-order valence-electron chi connectivity index (χ0n) is 20.4. The number of urea groups is 1. The van der Waals surface area contributed by atoms with Crippen LogP contribution in [0.4, 0.5) is 23.7 Å². The van der Waals surface area contributed by atoms with E-state index in [4.69, 9.17) is 4.74 Å². The topological polar surface area (TPSA) is 90.7 Å². The highest BCUT2D eigenvalue weighted by Gasteiger charge is 2.63. The van der Waals surface area contributed by atoms with Gasteiger partial charge in [-0.1, -0.05) is 18.2 Å². The molecule has 2 aromatic rings. The molecule has 0 bridgehead atoms. The van der Waals surface area contributed by atoms with E-state index >= 15 is 0 Å². The number of nitriles is 1. The van der Waals surface area contributed by atoms with Crippen molar-refractivity contribution in [1.82, 2.24) is 4.90 Å². The van der Waals surface area contributed by atoms with E-state index < -0.39 is 41.1 Å². The molecule has 10 heteroatoms. The average molecular weight is 512 g/mol. The molecule has 192 valence electrons. The Hall–Kier alpha value is -4.13. The average Bonchev–Trinajstić information content (AvgIpc) is 3.65. The molecular weight excluding hydrogens is 487 g/mol. The summed E-state index contributed by atoms with van der Waals surface area (Å²) >= 11 is 0. The van der Waals surface area contributed by atoms with Crippen molar-refractivity contribution < 1.29 is 32.3 Å². The molecule has 1 atom stereocenters. The van der Waals surface area contributed by atoms with E-state index in [2.05, 4.69) is 0 Å². The van der Waals surface area contributed by atoms with E-state index in [0.717, 1.165) is 17.0 Å². The minimum atomic E-state index is -4.65. The lowest BCUT2D eigenvalue weighted by atomic mass is 9.88. The largest absolute Gasteiger partial charge is 0.464 e. The van der Waals surface area contributed by atoms with Gasteiger partial charge >= 0.3 is 18.2 Å². The molecule has 1 unspecified atom stereocenters. The number of allylic oxidation sites excluding steroid dienone is 1. The Bertz CT molecular complexity index is 1340. The maximum absolute atomic E-state index is 14.1. The van der Waals surface area contributed by atoms with Gasteiger partial charge in [0.15, 0.2) is 5.78 Å². The van der Waals surface area contributed by atoms with Crippen LogP contribution in [0, 0.1) is 11.3 Å². The molecule has 4 rings (SSSR count). The molecule has 0 aromatic heterocycles. The number of esters is 1. The van der Waals surface area contributed by atoms with E-state index in [1.54, 1.807) is 19.1 Å². The van der Waals surface area contributed by atoms with Crippen molar-refractivity contribution >= 4 is 23.5 Å². The number of nitrogens with zero attached hydrogens (tertiary/aromatic N) is 3. The monoisotopic (exact) mass is 511 g/mol. The fourth-order valence-corrected chi connectivity index (χ4v) is 4.79. The summed E-state index contributed by atoms with van der Waals surface area (Å²) in [5.41, 5.74) is -1.27. The van der Waals surface area contributed by atoms with E-state index in [-0.39, 0.29) is 36.4 Å². The van der Waals surface area contributed by atoms with Crippen LogP contribution in [0.1, 0.15) is 56.3 Å². The maximum atomic E-state index is 14.1. The maximum Gasteiger partial charge on any atom is 0.416 e. The number of carbonyl (C=O) groups is 3. The van der Waals surface area contributed by atoms with Gasteiger partial charge in [0.1, 0.15) is 5.54 Å². The Balaban J connectivity index is 1.97. The van der Waals surface area contributed by atoms with Gasteiger partial charge in [0.05, 0.1) is 35.5 Å². The Kier molecular flexibility index (Phi) is 6.59. The van der Waals surface area contributed by atoms with Crippen molar-refractivity contribution in [2.45, 2.75) is 51.4 Å². The third kappa shape index (κ3) is 4.46. The molecular formula is C27H24F3N3O4. The van der Waals surface area contributed by atoms with Crippen molar-refractivity contribution in [3.63, 3.8) is 0 Å². The highest BCUT2D eigenvalue weighted by molar-refractivity contribution is 6.07. The Morgan fingerprint density at radius 1 is 1.16 bits per heavy atom. The number of amides is 2. The molecule has 1 heterocycles. The van der Waals surface area contributed by atoms with Crippen LogP contribution in [0.3, 0.4) is 0 Å². The van der Waals surface area contributed by atoms with Gasteiger partial charge < -0.3 is 4.74 Å². The Labute approximate surface area is 211 Å². The molecule has 1 aliphatic carbocycles. The van der Waals surface area contributed by atoms with Crippen LogP contribution in [0.5, 0.6) is 0 Å². The van der Waals surface area contributed by atoms with Gasteiger partial charge in [-0.05, 0) is 69.5 Å². The second-order valence-corrected chi connectivity index (χ2v) is 8.98. The summed E-state index contributed by atoms with van der Waals surface area (Å²) < 4.78 is 45.7. The van der Waals surface area contributed by atoms with Gasteiger partial charge in [-0.15, -0.1) is 0 Å². The van der Waals surface area contributed by atoms with E-state index in [0.29, 0.717) is 11.1 Å². The summed E-state index contributed by atoms with van der Waals surface area (Å²) in [6.07, 6.45) is -4.11. The zero-order chi connectivity index (χ0) is 27.1. The highest BCUT2D eigenvalue weighted by atomic mass is 19.4. The molecule has 0 saturated heterocycles. The van der Waals surface area contributed by atoms with Crippen molar-refractivity contribution in [3.05, 3.63) is 76.5 Å². The highest BCUT2D eigenvalue weighted by Crippen LogP contribution is 2.52. The predicted molar refractivity (Wildman–Crippen MR) is 127 cm³/mol. The van der Waals surface area contributed by atoms with Gasteiger partial charge in [0, 0.05) is 11.3 Å². The molecule has 2 aliphatic rings. The molecule has 7 nitrogen and oxygen atoms in total. The fraction of sp³-hybridized carbons (Fsp3) is 0.333. The lowest BCUT2D eigenvalue weighted by Crippen LogP contribution is -2.58. The normalized spacial score (nSPS) is 18.9. The minimum Gasteiger partial charge on any atom is -0.464 e. The van der Waals surface area contributed by atoms with Gasteiger partial charge in [0.25, 0.3) is 0 Å². The Morgan fingerprint density at radius 2 is 1.81 bits per heavy atom. The van der Waals surface area contributed by atoms with E-state index in [9.17, 15) is 32.8 Å². The number of ether oxygens (including phenoxy) is 1. The molecule has 0 radical (unpaired) electrons. The number of alkyl halides is 3. The summed E-state index contributed by atoms with van der Waals surface area (Å²) in [7, 11) is 0. The molecule has 37 heavy (non-hydrogen) atoms. The number of carbonyl (C=O) groups excluding carboxylic acids is 3.